The molecule has 0 unspecified atom stereocenters. The maximum Gasteiger partial charge on any atom is 0.162 e. The first-order valence-electron chi connectivity index (χ1n) is 13.4. The zero-order valence-corrected chi connectivity index (χ0v) is 24.9. The number of fused-ring (bicyclic) bond motifs is 10. The van der Waals surface area contributed by atoms with Crippen LogP contribution in [0.1, 0.15) is 20.9 Å². The van der Waals surface area contributed by atoms with Gasteiger partial charge in [0.25, 0.3) is 0 Å². The van der Waals surface area contributed by atoms with E-state index in [9.17, 15) is 0 Å². The minimum absolute atomic E-state index is 0.968. The van der Waals surface area contributed by atoms with Crippen molar-refractivity contribution in [1.29, 1.82) is 0 Å². The highest BCUT2D eigenvalue weighted by molar-refractivity contribution is 7.33. The van der Waals surface area contributed by atoms with Gasteiger partial charge in [0.15, 0.2) is 5.58 Å². The van der Waals surface area contributed by atoms with Crippen molar-refractivity contribution >= 4 is 96.8 Å². The Kier molecular flexibility index (Phi) is 4.52. The number of hydrogen-bond donors (Lipinski definition) is 0. The van der Waals surface area contributed by atoms with Crippen LogP contribution in [-0.2, 0) is 0 Å². The van der Waals surface area contributed by atoms with Crippen LogP contribution in [0.25, 0.3) is 74.2 Å². The van der Waals surface area contributed by atoms with Crippen molar-refractivity contribution in [3.05, 3.63) is 93.7 Å². The maximum atomic E-state index is 6.64. The number of nitrogens with zero attached hydrogens (tertiary/aromatic N) is 2. The molecule has 40 heavy (non-hydrogen) atoms. The standard InChI is InChI=1S/C34H24N2OS3/c1-17-5-9-21(10-6-17)35-25-16-24-26(15-23(25)31-29(35)33-27(37-31)13-19(3)38-33)36(22-11-7-18(2)8-12-22)30-32(24)40-28-14-20(4)39-34(28)30/h5-16H,1-4H3. The van der Waals surface area contributed by atoms with Crippen LogP contribution < -0.4 is 0 Å². The average molecular weight is 573 g/mol. The molecule has 0 spiro atoms. The normalized spacial score (nSPS) is 12.5. The lowest BCUT2D eigenvalue weighted by Gasteiger charge is -2.10. The van der Waals surface area contributed by atoms with Gasteiger partial charge < -0.3 is 13.6 Å². The largest absolute Gasteiger partial charge is 0.453 e. The molecule has 9 aromatic rings. The van der Waals surface area contributed by atoms with E-state index in [1.54, 1.807) is 0 Å². The Bertz CT molecular complexity index is 2280. The van der Waals surface area contributed by atoms with E-state index >= 15 is 0 Å². The number of rotatable bonds is 2. The summed E-state index contributed by atoms with van der Waals surface area (Å²) in [6.45, 7) is 8.66. The Hall–Kier alpha value is -3.84. The summed E-state index contributed by atoms with van der Waals surface area (Å²) < 4.78 is 16.8. The fourth-order valence-corrected chi connectivity index (χ4v) is 9.75. The van der Waals surface area contributed by atoms with Crippen LogP contribution in [0.2, 0.25) is 0 Å². The first-order chi connectivity index (χ1) is 19.4. The van der Waals surface area contributed by atoms with Gasteiger partial charge in [-0.3, -0.25) is 0 Å². The second-order valence-corrected chi connectivity index (χ2v) is 14.5. The molecule has 0 atom stereocenters. The van der Waals surface area contributed by atoms with Crippen molar-refractivity contribution in [1.82, 2.24) is 9.13 Å². The van der Waals surface area contributed by atoms with E-state index < -0.39 is 0 Å². The monoisotopic (exact) mass is 572 g/mol. The molecule has 3 aromatic carbocycles. The zero-order valence-electron chi connectivity index (χ0n) is 22.5. The van der Waals surface area contributed by atoms with Crippen LogP contribution in [0.15, 0.2) is 77.2 Å². The molecule has 6 heterocycles. The third kappa shape index (κ3) is 2.99. The fourth-order valence-electron chi connectivity index (χ4n) is 6.23. The van der Waals surface area contributed by atoms with Crippen LogP contribution in [0.3, 0.4) is 0 Å². The highest BCUT2D eigenvalue weighted by Gasteiger charge is 2.25. The van der Waals surface area contributed by atoms with Gasteiger partial charge in [-0.15, -0.1) is 34.0 Å². The van der Waals surface area contributed by atoms with Gasteiger partial charge in [0.05, 0.1) is 30.6 Å². The molecule has 0 saturated carbocycles. The molecule has 0 N–H and O–H groups in total. The summed E-state index contributed by atoms with van der Waals surface area (Å²) in [6.07, 6.45) is 0. The molecule has 6 aromatic heterocycles. The highest BCUT2D eigenvalue weighted by Crippen LogP contribution is 2.48. The maximum absolute atomic E-state index is 6.64. The molecule has 0 aliphatic carbocycles. The van der Waals surface area contributed by atoms with Gasteiger partial charge in [0, 0.05) is 36.6 Å². The molecule has 0 radical (unpaired) electrons. The number of furan rings is 1. The summed E-state index contributed by atoms with van der Waals surface area (Å²) in [5.74, 6) is 0. The first kappa shape index (κ1) is 22.9. The predicted octanol–water partition coefficient (Wildman–Crippen LogP) is 11.2. The van der Waals surface area contributed by atoms with Crippen molar-refractivity contribution in [2.45, 2.75) is 27.7 Å². The van der Waals surface area contributed by atoms with E-state index in [2.05, 4.69) is 110 Å². The van der Waals surface area contributed by atoms with E-state index in [0.29, 0.717) is 0 Å². The summed E-state index contributed by atoms with van der Waals surface area (Å²) in [4.78, 5) is 2.62. The molecule has 194 valence electrons. The first-order valence-corrected chi connectivity index (χ1v) is 15.9. The number of aryl methyl sites for hydroxylation is 4. The van der Waals surface area contributed by atoms with Crippen molar-refractivity contribution in [3.8, 4) is 11.4 Å². The van der Waals surface area contributed by atoms with Crippen molar-refractivity contribution in [2.75, 3.05) is 0 Å². The molecular formula is C34H24N2OS3. The number of thiophene rings is 3. The molecular weight excluding hydrogens is 549 g/mol. The third-order valence-corrected chi connectivity index (χ3v) is 11.4. The van der Waals surface area contributed by atoms with Crippen molar-refractivity contribution < 1.29 is 4.42 Å². The molecule has 0 aliphatic heterocycles. The Morgan fingerprint density at radius 2 is 1.12 bits per heavy atom. The zero-order chi connectivity index (χ0) is 26.9. The second kappa shape index (κ2) is 7.88. The van der Waals surface area contributed by atoms with Gasteiger partial charge in [-0.1, -0.05) is 35.4 Å². The van der Waals surface area contributed by atoms with E-state index in [0.717, 1.165) is 22.2 Å². The summed E-state index contributed by atoms with van der Waals surface area (Å²) in [6, 6.07) is 27.1. The Morgan fingerprint density at radius 3 is 1.82 bits per heavy atom. The topological polar surface area (TPSA) is 23.0 Å². The molecule has 0 bridgehead atoms. The molecule has 3 nitrogen and oxygen atoms in total. The summed E-state index contributed by atoms with van der Waals surface area (Å²) >= 11 is 5.63. The summed E-state index contributed by atoms with van der Waals surface area (Å²) in [7, 11) is 0. The van der Waals surface area contributed by atoms with Crippen LogP contribution in [0.5, 0.6) is 0 Å². The summed E-state index contributed by atoms with van der Waals surface area (Å²) in [5.41, 5.74) is 11.7. The molecule has 0 saturated heterocycles. The SMILES string of the molecule is Cc1ccc(-n2c3cc4c5sc6cc(C)sc6c5n(-c5ccc(C)cc5)c4cc3c3oc4cc(C)sc4c32)cc1. The Balaban J connectivity index is 1.50. The smallest absolute Gasteiger partial charge is 0.162 e. The van der Waals surface area contributed by atoms with E-state index in [-0.39, 0.29) is 0 Å². The fraction of sp³-hybridized carbons (Fsp3) is 0.118. The predicted molar refractivity (Wildman–Crippen MR) is 175 cm³/mol. The summed E-state index contributed by atoms with van der Waals surface area (Å²) in [5, 5.41) is 2.45. The highest BCUT2D eigenvalue weighted by atomic mass is 32.1. The molecule has 0 fully saturated rings. The lowest BCUT2D eigenvalue weighted by Crippen LogP contribution is -1.95. The van der Waals surface area contributed by atoms with Crippen LogP contribution in [0.4, 0.5) is 0 Å². The minimum atomic E-state index is 0.968. The molecule has 0 amide bonds. The van der Waals surface area contributed by atoms with Crippen LogP contribution >= 0.6 is 34.0 Å². The van der Waals surface area contributed by atoms with Gasteiger partial charge in [-0.2, -0.15) is 0 Å². The molecule has 9 rings (SSSR count). The van der Waals surface area contributed by atoms with Gasteiger partial charge in [0.1, 0.15) is 11.1 Å². The Labute approximate surface area is 242 Å². The minimum Gasteiger partial charge on any atom is -0.453 e. The third-order valence-electron chi connectivity index (χ3n) is 8.04. The Morgan fingerprint density at radius 1 is 0.550 bits per heavy atom. The molecule has 0 aliphatic rings. The molecule has 6 heteroatoms. The second-order valence-electron chi connectivity index (χ2n) is 10.9. The van der Waals surface area contributed by atoms with Gasteiger partial charge in [-0.25, -0.2) is 0 Å². The van der Waals surface area contributed by atoms with Crippen LogP contribution in [-0.4, -0.2) is 9.13 Å². The van der Waals surface area contributed by atoms with Gasteiger partial charge in [-0.05, 0) is 76.2 Å². The van der Waals surface area contributed by atoms with E-state index in [4.69, 9.17) is 4.42 Å². The van der Waals surface area contributed by atoms with E-state index in [1.165, 1.54) is 72.8 Å². The van der Waals surface area contributed by atoms with Crippen molar-refractivity contribution in [2.24, 2.45) is 0 Å². The quantitative estimate of drug-likeness (QED) is 0.202. The van der Waals surface area contributed by atoms with E-state index in [1.807, 2.05) is 34.0 Å². The number of aromatic nitrogens is 2. The average Bonchev–Trinajstić information content (AvgIpc) is 3.74. The van der Waals surface area contributed by atoms with Gasteiger partial charge in [0.2, 0.25) is 0 Å². The lowest BCUT2D eigenvalue weighted by atomic mass is 10.1. The van der Waals surface area contributed by atoms with Crippen molar-refractivity contribution in [3.63, 3.8) is 0 Å². The lowest BCUT2D eigenvalue weighted by molar-refractivity contribution is 0.673. The van der Waals surface area contributed by atoms with Crippen LogP contribution in [0, 0.1) is 27.7 Å². The van der Waals surface area contributed by atoms with Gasteiger partial charge >= 0.3 is 0 Å². The number of benzene rings is 3. The number of hydrogen-bond acceptors (Lipinski definition) is 4.